The van der Waals surface area contributed by atoms with Crippen LogP contribution in [0.15, 0.2) is 65.6 Å². The quantitative estimate of drug-likeness (QED) is 0.244. The van der Waals surface area contributed by atoms with Gasteiger partial charge in [-0.3, -0.25) is 19.7 Å². The van der Waals surface area contributed by atoms with Crippen molar-refractivity contribution < 1.29 is 32.4 Å². The Morgan fingerprint density at radius 2 is 1.67 bits per heavy atom. The third kappa shape index (κ3) is 3.82. The number of non-ortho nitro benzene ring substituents is 1. The zero-order valence-electron chi connectivity index (χ0n) is 21.3. The molecule has 0 unspecified atom stereocenters. The number of carbonyl (C=O) groups excluding carboxylic acids is 2. The molecular weight excluding hydrogens is 524 g/mol. The average molecular weight is 551 g/mol. The van der Waals surface area contributed by atoms with Gasteiger partial charge in [-0.05, 0) is 56.2 Å². The normalized spacial score (nSPS) is 27.8. The smallest absolute Gasteiger partial charge is 0.277 e. The van der Waals surface area contributed by atoms with E-state index in [0.717, 1.165) is 6.26 Å². The molecule has 3 aromatic carbocycles. The number of benzene rings is 3. The summed E-state index contributed by atoms with van der Waals surface area (Å²) < 4.78 is 35.8. The summed E-state index contributed by atoms with van der Waals surface area (Å²) in [6, 6.07) is 15.6. The van der Waals surface area contributed by atoms with Crippen molar-refractivity contribution in [3.05, 3.63) is 70.8 Å². The maximum atomic E-state index is 14.0. The Morgan fingerprint density at radius 1 is 1.00 bits per heavy atom. The molecule has 202 valence electrons. The van der Waals surface area contributed by atoms with Gasteiger partial charge in [-0.2, -0.15) is 0 Å². The third-order valence-corrected chi connectivity index (χ3v) is 9.50. The van der Waals surface area contributed by atoms with Crippen molar-refractivity contribution in [2.24, 2.45) is 11.8 Å². The first kappa shape index (κ1) is 25.4. The van der Waals surface area contributed by atoms with Crippen LogP contribution in [0.1, 0.15) is 26.2 Å². The number of nitro benzene ring substituents is 1. The average Bonchev–Trinajstić information content (AvgIpc) is 3.47. The lowest BCUT2D eigenvalue weighted by atomic mass is 9.67. The van der Waals surface area contributed by atoms with E-state index in [0.29, 0.717) is 41.5 Å². The highest BCUT2D eigenvalue weighted by Crippen LogP contribution is 2.62. The van der Waals surface area contributed by atoms with Crippen LogP contribution in [0.25, 0.3) is 10.8 Å². The van der Waals surface area contributed by atoms with Crippen LogP contribution >= 0.6 is 0 Å². The summed E-state index contributed by atoms with van der Waals surface area (Å²) in [5.74, 6) is -1.60. The van der Waals surface area contributed by atoms with Gasteiger partial charge < -0.3 is 9.47 Å². The second-order valence-electron chi connectivity index (χ2n) is 10.7. The Labute approximate surface area is 224 Å². The van der Waals surface area contributed by atoms with Crippen LogP contribution in [0, 0.1) is 22.0 Å². The molecule has 39 heavy (non-hydrogen) atoms. The largest absolute Gasteiger partial charge is 0.493 e. The lowest BCUT2D eigenvalue weighted by Crippen LogP contribution is -2.43. The predicted octanol–water partition coefficient (Wildman–Crippen LogP) is 4.05. The molecule has 2 bridgehead atoms. The molecule has 3 heterocycles. The first-order valence-corrected chi connectivity index (χ1v) is 14.5. The number of rotatable bonds is 7. The van der Waals surface area contributed by atoms with Crippen molar-refractivity contribution in [1.29, 1.82) is 0 Å². The second kappa shape index (κ2) is 8.59. The fraction of sp³-hybridized carbons (Fsp3) is 0.357. The number of hydrogen-bond donors (Lipinski definition) is 0. The molecular formula is C28H26N2O8S. The molecule has 0 radical (unpaired) electrons. The van der Waals surface area contributed by atoms with Crippen LogP contribution in [0.3, 0.4) is 0 Å². The molecule has 3 fully saturated rings. The SMILES string of the molecule is C[C@@]12CC[C@@](CCOc3ccc(S(C)(=O)=O)cc3)(O1)[C@H]1C(=O)N(c3ccc([N+](=O)[O-])c4ccccc34)C(=O)[C@H]12. The fourth-order valence-electron chi connectivity index (χ4n) is 6.59. The number of nitro groups is 1. The molecule has 6 rings (SSSR count). The number of ether oxygens (including phenoxy) is 2. The lowest BCUT2D eigenvalue weighted by Gasteiger charge is -2.31. The van der Waals surface area contributed by atoms with Crippen molar-refractivity contribution in [2.45, 2.75) is 42.3 Å². The minimum absolute atomic E-state index is 0.0952. The highest BCUT2D eigenvalue weighted by Gasteiger charge is 2.73. The van der Waals surface area contributed by atoms with Gasteiger partial charge in [-0.25, -0.2) is 13.3 Å². The molecule has 10 nitrogen and oxygen atoms in total. The van der Waals surface area contributed by atoms with E-state index in [2.05, 4.69) is 0 Å². The Kier molecular flexibility index (Phi) is 5.60. The van der Waals surface area contributed by atoms with Gasteiger partial charge in [0.1, 0.15) is 5.75 Å². The Bertz CT molecular complexity index is 1650. The third-order valence-electron chi connectivity index (χ3n) is 8.37. The minimum Gasteiger partial charge on any atom is -0.493 e. The molecule has 2 amide bonds. The summed E-state index contributed by atoms with van der Waals surface area (Å²) in [7, 11) is -3.32. The predicted molar refractivity (Wildman–Crippen MR) is 141 cm³/mol. The minimum atomic E-state index is -3.32. The molecule has 0 aromatic heterocycles. The molecule has 3 aliphatic heterocycles. The maximum absolute atomic E-state index is 14.0. The van der Waals surface area contributed by atoms with Gasteiger partial charge in [-0.15, -0.1) is 0 Å². The summed E-state index contributed by atoms with van der Waals surface area (Å²) in [4.78, 5) is 40.3. The number of imide groups is 1. The van der Waals surface area contributed by atoms with Crippen molar-refractivity contribution >= 4 is 43.8 Å². The van der Waals surface area contributed by atoms with Crippen molar-refractivity contribution in [2.75, 3.05) is 17.8 Å². The molecule has 0 spiro atoms. The first-order valence-electron chi connectivity index (χ1n) is 12.6. The number of anilines is 1. The van der Waals surface area contributed by atoms with E-state index < -0.39 is 37.8 Å². The molecule has 3 saturated heterocycles. The summed E-state index contributed by atoms with van der Waals surface area (Å²) in [5, 5.41) is 12.4. The van der Waals surface area contributed by atoms with Crippen LogP contribution in [0.4, 0.5) is 11.4 Å². The van der Waals surface area contributed by atoms with Gasteiger partial charge in [-0.1, -0.05) is 18.2 Å². The highest BCUT2D eigenvalue weighted by atomic mass is 32.2. The molecule has 0 aliphatic carbocycles. The van der Waals surface area contributed by atoms with Gasteiger partial charge in [0.2, 0.25) is 11.8 Å². The summed E-state index contributed by atoms with van der Waals surface area (Å²) in [6.45, 7) is 2.08. The van der Waals surface area contributed by atoms with Crippen molar-refractivity contribution in [1.82, 2.24) is 0 Å². The maximum Gasteiger partial charge on any atom is 0.277 e. The highest BCUT2D eigenvalue weighted by molar-refractivity contribution is 7.90. The van der Waals surface area contributed by atoms with E-state index in [9.17, 15) is 28.1 Å². The number of amides is 2. The van der Waals surface area contributed by atoms with E-state index in [4.69, 9.17) is 9.47 Å². The Hall–Kier alpha value is -3.83. The van der Waals surface area contributed by atoms with Crippen molar-refractivity contribution in [3.63, 3.8) is 0 Å². The Balaban J connectivity index is 1.29. The first-order chi connectivity index (χ1) is 18.5. The molecule has 0 N–H and O–H groups in total. The van der Waals surface area contributed by atoms with Gasteiger partial charge in [0.15, 0.2) is 9.84 Å². The zero-order valence-corrected chi connectivity index (χ0v) is 22.1. The second-order valence-corrected chi connectivity index (χ2v) is 12.7. The molecule has 11 heteroatoms. The van der Waals surface area contributed by atoms with Crippen molar-refractivity contribution in [3.8, 4) is 5.75 Å². The van der Waals surface area contributed by atoms with Crippen LogP contribution in [-0.4, -0.2) is 49.2 Å². The monoisotopic (exact) mass is 550 g/mol. The molecule has 3 aliphatic rings. The van der Waals surface area contributed by atoms with Crippen LogP contribution in [0.5, 0.6) is 5.75 Å². The van der Waals surface area contributed by atoms with Gasteiger partial charge in [0.05, 0.1) is 50.5 Å². The van der Waals surface area contributed by atoms with Gasteiger partial charge >= 0.3 is 0 Å². The molecule has 4 atom stereocenters. The summed E-state index contributed by atoms with van der Waals surface area (Å²) in [6.07, 6.45) is 2.71. The fourth-order valence-corrected chi connectivity index (χ4v) is 7.22. The Morgan fingerprint density at radius 3 is 2.33 bits per heavy atom. The van der Waals surface area contributed by atoms with Crippen LogP contribution in [-0.2, 0) is 24.2 Å². The number of hydrogen-bond acceptors (Lipinski definition) is 8. The number of nitrogens with zero attached hydrogens (tertiary/aromatic N) is 2. The number of sulfone groups is 1. The van der Waals surface area contributed by atoms with Gasteiger partial charge in [0.25, 0.3) is 5.69 Å². The zero-order chi connectivity index (χ0) is 27.7. The van der Waals surface area contributed by atoms with E-state index >= 15 is 0 Å². The van der Waals surface area contributed by atoms with E-state index in [-0.39, 0.29) is 29.0 Å². The standard InChI is InChI=1S/C28H26N2O8S/c1-27-13-14-28(38-27,15-16-37-17-7-9-18(10-8-17)39(2,35)36)24-23(27)25(31)29(26(24)32)21-11-12-22(30(33)34)20-6-4-3-5-19(20)21/h3-12,23-24H,13-16H2,1-2H3/t23-,24+,27-,28-/m0/s1. The topological polar surface area (TPSA) is 133 Å². The van der Waals surface area contributed by atoms with Crippen LogP contribution in [0.2, 0.25) is 0 Å². The lowest BCUT2D eigenvalue weighted by molar-refractivity contribution is -0.383. The molecule has 0 saturated carbocycles. The summed E-state index contributed by atoms with van der Waals surface area (Å²) >= 11 is 0. The number of fused-ring (bicyclic) bond motifs is 6. The summed E-state index contributed by atoms with van der Waals surface area (Å²) in [5.41, 5.74) is -1.45. The van der Waals surface area contributed by atoms with E-state index in [1.165, 1.54) is 29.2 Å². The van der Waals surface area contributed by atoms with Crippen LogP contribution < -0.4 is 9.64 Å². The van der Waals surface area contributed by atoms with E-state index in [1.54, 1.807) is 36.4 Å². The molecule has 3 aromatic rings. The van der Waals surface area contributed by atoms with E-state index in [1.807, 2.05) is 6.92 Å². The van der Waals surface area contributed by atoms with Gasteiger partial charge in [0, 0.05) is 24.1 Å². The number of carbonyl (C=O) groups is 2.